The number of carbonyl (C=O) groups excluding carboxylic acids is 1. The fraction of sp³-hybridized carbons (Fsp3) is 0.458. The maximum Gasteiger partial charge on any atom is 0.322 e. The number of nitrogens with one attached hydrogen (secondary N) is 1. The van der Waals surface area contributed by atoms with Crippen LogP contribution in [0.1, 0.15) is 24.0 Å². The first-order valence-corrected chi connectivity index (χ1v) is 14.9. The van der Waals surface area contributed by atoms with Gasteiger partial charge in [-0.2, -0.15) is 0 Å². The Morgan fingerprint density at radius 1 is 1.03 bits per heavy atom. The van der Waals surface area contributed by atoms with Gasteiger partial charge in [-0.05, 0) is 54.7 Å². The van der Waals surface area contributed by atoms with Crippen LogP contribution in [0.2, 0.25) is 0 Å². The number of hydrogen-bond acceptors (Lipinski definition) is 6. The van der Waals surface area contributed by atoms with Gasteiger partial charge >= 0.3 is 6.03 Å². The van der Waals surface area contributed by atoms with Gasteiger partial charge in [0.2, 0.25) is 10.0 Å². The Labute approximate surface area is 207 Å². The molecule has 0 bridgehead atoms. The van der Waals surface area contributed by atoms with Gasteiger partial charge in [0.15, 0.2) is 9.84 Å². The van der Waals surface area contributed by atoms with Crippen LogP contribution < -0.4 is 10.2 Å². The van der Waals surface area contributed by atoms with Gasteiger partial charge in [-0.15, -0.1) is 0 Å². The van der Waals surface area contributed by atoms with Crippen molar-refractivity contribution in [3.63, 3.8) is 0 Å². The summed E-state index contributed by atoms with van der Waals surface area (Å²) in [5.41, 5.74) is 2.39. The third-order valence-corrected chi connectivity index (χ3v) is 9.66. The highest BCUT2D eigenvalue weighted by atomic mass is 32.2. The Kier molecular flexibility index (Phi) is 7.23. The first-order valence-electron chi connectivity index (χ1n) is 11.6. The van der Waals surface area contributed by atoms with Crippen LogP contribution in [0, 0.1) is 0 Å². The zero-order chi connectivity index (χ0) is 25.4. The third-order valence-electron chi connectivity index (χ3n) is 6.65. The lowest BCUT2D eigenvalue weighted by atomic mass is 10.0. The highest BCUT2D eigenvalue weighted by Gasteiger charge is 2.29. The minimum atomic E-state index is -3.52. The average molecular weight is 521 g/mol. The molecule has 1 fully saturated rings. The maximum absolute atomic E-state index is 13.0. The number of carbonyl (C=O) groups is 1. The molecule has 0 spiro atoms. The van der Waals surface area contributed by atoms with Crippen molar-refractivity contribution >= 4 is 31.6 Å². The van der Waals surface area contributed by atoms with Gasteiger partial charge in [-0.25, -0.2) is 25.9 Å². The molecule has 0 radical (unpaired) electrons. The van der Waals surface area contributed by atoms with Crippen molar-refractivity contribution < 1.29 is 21.6 Å². The second-order valence-corrected chi connectivity index (χ2v) is 13.5. The summed E-state index contributed by atoms with van der Waals surface area (Å²) < 4.78 is 50.2. The van der Waals surface area contributed by atoms with Gasteiger partial charge in [0.05, 0.1) is 9.79 Å². The van der Waals surface area contributed by atoms with E-state index in [1.807, 2.05) is 12.1 Å². The smallest absolute Gasteiger partial charge is 0.322 e. The third kappa shape index (κ3) is 5.53. The molecular weight excluding hydrogens is 488 g/mol. The van der Waals surface area contributed by atoms with Crippen molar-refractivity contribution in [2.45, 2.75) is 41.6 Å². The number of sulfone groups is 1. The molecule has 0 aromatic heterocycles. The second kappa shape index (κ2) is 9.88. The van der Waals surface area contributed by atoms with Crippen LogP contribution in [-0.4, -0.2) is 78.1 Å². The molecule has 1 N–H and O–H groups in total. The quantitative estimate of drug-likeness (QED) is 0.625. The van der Waals surface area contributed by atoms with Crippen molar-refractivity contribution in [2.24, 2.45) is 0 Å². The number of nitrogens with zero attached hydrogens (tertiary/aromatic N) is 3. The molecule has 2 amide bonds. The Bertz CT molecular complexity index is 1320. The number of benzene rings is 2. The number of urea groups is 1. The average Bonchev–Trinajstić information content (AvgIpc) is 3.23. The number of likely N-dealkylation sites (tertiary alicyclic amines) is 1. The zero-order valence-corrected chi connectivity index (χ0v) is 21.9. The number of sulfonamides is 1. The van der Waals surface area contributed by atoms with E-state index in [0.29, 0.717) is 24.4 Å². The fourth-order valence-corrected chi connectivity index (χ4v) is 6.57. The van der Waals surface area contributed by atoms with Crippen LogP contribution in [0.3, 0.4) is 0 Å². The molecule has 35 heavy (non-hydrogen) atoms. The molecule has 11 heteroatoms. The highest BCUT2D eigenvalue weighted by molar-refractivity contribution is 7.90. The van der Waals surface area contributed by atoms with Crippen LogP contribution in [-0.2, 0) is 32.8 Å². The lowest BCUT2D eigenvalue weighted by Gasteiger charge is -2.33. The summed E-state index contributed by atoms with van der Waals surface area (Å²) in [5, 5.41) is 3.12. The van der Waals surface area contributed by atoms with Crippen molar-refractivity contribution in [3.8, 4) is 0 Å². The zero-order valence-electron chi connectivity index (χ0n) is 20.3. The summed E-state index contributed by atoms with van der Waals surface area (Å²) in [4.78, 5) is 17.5. The fourth-order valence-electron chi connectivity index (χ4n) is 4.69. The molecule has 2 aliphatic heterocycles. The van der Waals surface area contributed by atoms with E-state index in [4.69, 9.17) is 0 Å². The van der Waals surface area contributed by atoms with E-state index in [1.165, 1.54) is 24.7 Å². The van der Waals surface area contributed by atoms with Gasteiger partial charge in [-0.1, -0.05) is 18.2 Å². The summed E-state index contributed by atoms with van der Waals surface area (Å²) in [6.07, 6.45) is 3.38. The molecule has 9 nitrogen and oxygen atoms in total. The van der Waals surface area contributed by atoms with Gasteiger partial charge in [0.25, 0.3) is 0 Å². The minimum Gasteiger partial charge on any atom is -0.335 e. The molecule has 2 heterocycles. The molecule has 4 rings (SSSR count). The molecule has 0 unspecified atom stereocenters. The van der Waals surface area contributed by atoms with E-state index >= 15 is 0 Å². The van der Waals surface area contributed by atoms with Crippen LogP contribution in [0.15, 0.2) is 52.3 Å². The van der Waals surface area contributed by atoms with Crippen LogP contribution >= 0.6 is 0 Å². The van der Waals surface area contributed by atoms with Crippen molar-refractivity contribution in [2.75, 3.05) is 44.9 Å². The molecule has 2 aromatic rings. The van der Waals surface area contributed by atoms with E-state index in [9.17, 15) is 21.6 Å². The first-order chi connectivity index (χ1) is 16.5. The molecule has 0 atom stereocenters. The Morgan fingerprint density at radius 2 is 1.71 bits per heavy atom. The number of amides is 2. The first kappa shape index (κ1) is 25.6. The summed E-state index contributed by atoms with van der Waals surface area (Å²) in [5.74, 6) is 0. The Morgan fingerprint density at radius 3 is 2.37 bits per heavy atom. The number of hydrogen-bond donors (Lipinski definition) is 1. The monoisotopic (exact) mass is 520 g/mol. The van der Waals surface area contributed by atoms with Gasteiger partial charge < -0.3 is 5.32 Å². The summed E-state index contributed by atoms with van der Waals surface area (Å²) >= 11 is 0. The number of piperidine rings is 1. The lowest BCUT2D eigenvalue weighted by molar-refractivity contribution is 0.187. The number of fused-ring (bicyclic) bond motifs is 1. The molecule has 190 valence electrons. The van der Waals surface area contributed by atoms with E-state index in [1.54, 1.807) is 35.2 Å². The predicted octanol–water partition coefficient (Wildman–Crippen LogP) is 2.08. The van der Waals surface area contributed by atoms with Crippen molar-refractivity contribution in [1.29, 1.82) is 0 Å². The SMILES string of the molecule is CN(C)S(=O)(=O)c1ccc2c(c1)CCN2C(=O)NC1CCN(Cc2ccccc2S(C)(=O)=O)CC1. The van der Waals surface area contributed by atoms with Crippen LogP contribution in [0.4, 0.5) is 10.5 Å². The van der Waals surface area contributed by atoms with E-state index < -0.39 is 19.9 Å². The number of rotatable bonds is 6. The summed E-state index contributed by atoms with van der Waals surface area (Å²) in [7, 11) is -3.81. The molecule has 0 aliphatic carbocycles. The molecular formula is C24H32N4O5S2. The van der Waals surface area contributed by atoms with Crippen LogP contribution in [0.25, 0.3) is 0 Å². The van der Waals surface area contributed by atoms with E-state index in [2.05, 4.69) is 10.2 Å². The van der Waals surface area contributed by atoms with Gasteiger partial charge in [0, 0.05) is 58.3 Å². The van der Waals surface area contributed by atoms with Gasteiger partial charge in [0.1, 0.15) is 0 Å². The normalized spacial score (nSPS) is 17.5. The largest absolute Gasteiger partial charge is 0.335 e. The van der Waals surface area contributed by atoms with Crippen molar-refractivity contribution in [3.05, 3.63) is 53.6 Å². The van der Waals surface area contributed by atoms with Gasteiger partial charge in [-0.3, -0.25) is 9.80 Å². The predicted molar refractivity (Wildman–Crippen MR) is 135 cm³/mol. The molecule has 2 aliphatic rings. The lowest BCUT2D eigenvalue weighted by Crippen LogP contribution is -2.49. The standard InChI is InChI=1S/C24H32N4O5S2/c1-26(2)35(32,33)21-8-9-22-18(16-21)10-15-28(22)24(29)25-20-11-13-27(14-12-20)17-19-6-4-5-7-23(19)34(3,30)31/h4-9,16,20H,10-15,17H2,1-3H3,(H,25,29). The van der Waals surface area contributed by atoms with E-state index in [-0.39, 0.29) is 17.0 Å². The Hall–Kier alpha value is -2.47. The molecule has 2 aromatic carbocycles. The number of anilines is 1. The second-order valence-electron chi connectivity index (χ2n) is 9.36. The molecule has 0 saturated carbocycles. The topological polar surface area (TPSA) is 107 Å². The van der Waals surface area contributed by atoms with E-state index in [0.717, 1.165) is 42.7 Å². The van der Waals surface area contributed by atoms with Crippen LogP contribution in [0.5, 0.6) is 0 Å². The minimum absolute atomic E-state index is 0.0290. The highest BCUT2D eigenvalue weighted by Crippen LogP contribution is 2.31. The maximum atomic E-state index is 13.0. The van der Waals surface area contributed by atoms with Crippen molar-refractivity contribution in [1.82, 2.24) is 14.5 Å². The Balaban J connectivity index is 1.35. The molecule has 1 saturated heterocycles. The summed E-state index contributed by atoms with van der Waals surface area (Å²) in [6.45, 7) is 2.58. The summed E-state index contributed by atoms with van der Waals surface area (Å²) in [6, 6.07) is 11.9.